The van der Waals surface area contributed by atoms with Gasteiger partial charge in [0.05, 0.1) is 18.2 Å². The van der Waals surface area contributed by atoms with Crippen LogP contribution >= 0.6 is 11.8 Å². The molecule has 6 nitrogen and oxygen atoms in total. The van der Waals surface area contributed by atoms with E-state index in [0.717, 1.165) is 27.6 Å². The number of para-hydroxylation sites is 1. The molecule has 2 aromatic heterocycles. The fraction of sp³-hybridized carbons (Fsp3) is 0.158. The number of aromatic nitrogens is 4. The first-order valence-electron chi connectivity index (χ1n) is 8.05. The van der Waals surface area contributed by atoms with Crippen LogP contribution in [0.4, 0.5) is 0 Å². The van der Waals surface area contributed by atoms with Gasteiger partial charge in [0.2, 0.25) is 5.16 Å². The van der Waals surface area contributed by atoms with Crippen LogP contribution in [-0.2, 0) is 17.5 Å². The third-order valence-electron chi connectivity index (χ3n) is 4.23. The van der Waals surface area contributed by atoms with Crippen molar-refractivity contribution in [1.29, 1.82) is 0 Å². The highest BCUT2D eigenvalue weighted by Crippen LogP contribution is 2.26. The summed E-state index contributed by atoms with van der Waals surface area (Å²) in [4.78, 5) is 16.1. The minimum absolute atomic E-state index is 0.335. The molecule has 0 aliphatic carbocycles. The van der Waals surface area contributed by atoms with Crippen LogP contribution in [0.25, 0.3) is 22.1 Å². The van der Waals surface area contributed by atoms with Crippen molar-refractivity contribution in [1.82, 2.24) is 19.7 Å². The van der Waals surface area contributed by atoms with Crippen LogP contribution < -0.4 is 0 Å². The highest BCUT2D eigenvalue weighted by atomic mass is 32.2. The van der Waals surface area contributed by atoms with Gasteiger partial charge in [0.1, 0.15) is 5.52 Å². The molecule has 0 bridgehead atoms. The Labute approximate surface area is 154 Å². The van der Waals surface area contributed by atoms with E-state index in [9.17, 15) is 4.79 Å². The van der Waals surface area contributed by atoms with E-state index in [0.29, 0.717) is 16.5 Å². The van der Waals surface area contributed by atoms with Crippen LogP contribution in [0.2, 0.25) is 0 Å². The van der Waals surface area contributed by atoms with E-state index in [2.05, 4.69) is 15.2 Å². The Kier molecular flexibility index (Phi) is 4.30. The van der Waals surface area contributed by atoms with Gasteiger partial charge in [0.25, 0.3) is 0 Å². The van der Waals surface area contributed by atoms with Gasteiger partial charge < -0.3 is 9.30 Å². The lowest BCUT2D eigenvalue weighted by molar-refractivity contribution is 0.0600. The van der Waals surface area contributed by atoms with Gasteiger partial charge in [0.15, 0.2) is 5.65 Å². The van der Waals surface area contributed by atoms with Crippen LogP contribution in [0.1, 0.15) is 15.9 Å². The van der Waals surface area contributed by atoms with E-state index < -0.39 is 0 Å². The van der Waals surface area contributed by atoms with Gasteiger partial charge in [-0.15, -0.1) is 10.2 Å². The molecule has 130 valence electrons. The van der Waals surface area contributed by atoms with Gasteiger partial charge in [-0.1, -0.05) is 42.1 Å². The highest BCUT2D eigenvalue weighted by Gasteiger charge is 2.12. The molecule has 0 aliphatic rings. The van der Waals surface area contributed by atoms with E-state index in [1.165, 1.54) is 18.9 Å². The Hall–Kier alpha value is -2.93. The lowest BCUT2D eigenvalue weighted by Crippen LogP contribution is -2.00. The van der Waals surface area contributed by atoms with Gasteiger partial charge in [-0.2, -0.15) is 0 Å². The van der Waals surface area contributed by atoms with E-state index >= 15 is 0 Å². The number of nitrogens with zero attached hydrogens (tertiary/aromatic N) is 4. The third-order valence-corrected chi connectivity index (χ3v) is 5.14. The van der Waals surface area contributed by atoms with Crippen molar-refractivity contribution in [3.8, 4) is 0 Å². The molecule has 0 radical (unpaired) electrons. The Morgan fingerprint density at radius 3 is 2.65 bits per heavy atom. The molecule has 4 rings (SSSR count). The number of ether oxygens (including phenoxy) is 1. The van der Waals surface area contributed by atoms with Crippen LogP contribution in [0, 0.1) is 0 Å². The van der Waals surface area contributed by atoms with Crippen LogP contribution in [0.15, 0.2) is 53.7 Å². The van der Waals surface area contributed by atoms with E-state index in [4.69, 9.17) is 4.74 Å². The summed E-state index contributed by atoms with van der Waals surface area (Å²) in [5.74, 6) is 0.358. The lowest BCUT2D eigenvalue weighted by Gasteiger charge is -2.03. The van der Waals surface area contributed by atoms with Crippen molar-refractivity contribution in [3.63, 3.8) is 0 Å². The Morgan fingerprint density at radius 1 is 1.12 bits per heavy atom. The summed E-state index contributed by atoms with van der Waals surface area (Å²) in [7, 11) is 3.36. The van der Waals surface area contributed by atoms with E-state index in [1.807, 2.05) is 48.0 Å². The number of thioether (sulfide) groups is 1. The molecule has 0 amide bonds. The second-order valence-electron chi connectivity index (χ2n) is 5.82. The number of carbonyl (C=O) groups is 1. The van der Waals surface area contributed by atoms with Crippen LogP contribution in [0.5, 0.6) is 0 Å². The van der Waals surface area contributed by atoms with Crippen molar-refractivity contribution >= 4 is 39.8 Å². The number of hydrogen-bond donors (Lipinski definition) is 0. The normalized spacial score (nSPS) is 11.2. The second-order valence-corrected chi connectivity index (χ2v) is 6.76. The van der Waals surface area contributed by atoms with Crippen molar-refractivity contribution in [3.05, 3.63) is 59.7 Å². The zero-order valence-electron chi connectivity index (χ0n) is 14.3. The monoisotopic (exact) mass is 364 g/mol. The topological polar surface area (TPSA) is 69.9 Å². The van der Waals surface area contributed by atoms with Crippen LogP contribution in [0.3, 0.4) is 0 Å². The summed E-state index contributed by atoms with van der Waals surface area (Å²) in [6.07, 6.45) is 0. The maximum atomic E-state index is 11.5. The Bertz CT molecular complexity index is 1110. The molecule has 0 saturated carbocycles. The summed E-state index contributed by atoms with van der Waals surface area (Å²) in [6.45, 7) is 0. The molecule has 4 aromatic rings. The Morgan fingerprint density at radius 2 is 1.88 bits per heavy atom. The first-order chi connectivity index (χ1) is 12.7. The molecule has 7 heteroatoms. The predicted molar refractivity (Wildman–Crippen MR) is 101 cm³/mol. The number of rotatable bonds is 4. The standard InChI is InChI=1S/C19H16N4O2S/c1-23-15-6-4-3-5-14(15)16-17(23)20-19(22-21-16)26-11-12-7-9-13(10-8-12)18(24)25-2/h3-10H,11H2,1-2H3. The summed E-state index contributed by atoms with van der Waals surface area (Å²) in [6, 6.07) is 15.4. The smallest absolute Gasteiger partial charge is 0.337 e. The molecule has 26 heavy (non-hydrogen) atoms. The molecule has 0 atom stereocenters. The number of esters is 1. The van der Waals surface area contributed by atoms with Crippen molar-refractivity contribution in [2.45, 2.75) is 10.9 Å². The van der Waals surface area contributed by atoms with E-state index in [1.54, 1.807) is 12.1 Å². The van der Waals surface area contributed by atoms with Crippen molar-refractivity contribution < 1.29 is 9.53 Å². The fourth-order valence-corrected chi connectivity index (χ4v) is 3.59. The van der Waals surface area contributed by atoms with E-state index in [-0.39, 0.29) is 5.97 Å². The number of carbonyl (C=O) groups excluding carboxylic acids is 1. The molecule has 0 aliphatic heterocycles. The molecule has 0 saturated heterocycles. The predicted octanol–water partition coefficient (Wildman–Crippen LogP) is 3.60. The van der Waals surface area contributed by atoms with Crippen molar-refractivity contribution in [2.75, 3.05) is 7.11 Å². The zero-order valence-corrected chi connectivity index (χ0v) is 15.2. The summed E-state index contributed by atoms with van der Waals surface area (Å²) < 4.78 is 6.74. The maximum absolute atomic E-state index is 11.5. The number of hydrogen-bond acceptors (Lipinski definition) is 6. The summed E-state index contributed by atoms with van der Waals surface area (Å²) >= 11 is 1.51. The minimum atomic E-state index is -0.335. The third kappa shape index (κ3) is 2.90. The SMILES string of the molecule is COC(=O)c1ccc(CSc2nnc3c4ccccc4n(C)c3n2)cc1. The number of aryl methyl sites for hydroxylation is 1. The number of benzene rings is 2. The number of fused-ring (bicyclic) bond motifs is 3. The quantitative estimate of drug-likeness (QED) is 0.407. The molecule has 2 aromatic carbocycles. The lowest BCUT2D eigenvalue weighted by atomic mass is 10.1. The molecule has 0 unspecified atom stereocenters. The summed E-state index contributed by atoms with van der Waals surface area (Å²) in [5.41, 5.74) is 4.34. The van der Waals surface area contributed by atoms with Gasteiger partial charge in [-0.25, -0.2) is 9.78 Å². The molecule has 0 spiro atoms. The molecule has 0 N–H and O–H groups in total. The summed E-state index contributed by atoms with van der Waals surface area (Å²) in [5, 5.41) is 10.3. The fourth-order valence-electron chi connectivity index (χ4n) is 2.86. The highest BCUT2D eigenvalue weighted by molar-refractivity contribution is 7.98. The minimum Gasteiger partial charge on any atom is -0.465 e. The first kappa shape index (κ1) is 16.5. The molecular weight excluding hydrogens is 348 g/mol. The largest absolute Gasteiger partial charge is 0.465 e. The second kappa shape index (κ2) is 6.76. The average Bonchev–Trinajstić information content (AvgIpc) is 2.98. The number of methoxy groups -OCH3 is 1. The van der Waals surface area contributed by atoms with Crippen LogP contribution in [-0.4, -0.2) is 32.8 Å². The molecular formula is C19H16N4O2S. The first-order valence-corrected chi connectivity index (χ1v) is 9.04. The Balaban J connectivity index is 1.57. The van der Waals surface area contributed by atoms with Gasteiger partial charge >= 0.3 is 5.97 Å². The van der Waals surface area contributed by atoms with Gasteiger partial charge in [0, 0.05) is 18.2 Å². The zero-order chi connectivity index (χ0) is 18.1. The average molecular weight is 364 g/mol. The van der Waals surface area contributed by atoms with Gasteiger partial charge in [-0.3, -0.25) is 0 Å². The maximum Gasteiger partial charge on any atom is 0.337 e. The van der Waals surface area contributed by atoms with Crippen molar-refractivity contribution in [2.24, 2.45) is 7.05 Å². The molecule has 2 heterocycles. The van der Waals surface area contributed by atoms with Gasteiger partial charge in [-0.05, 0) is 23.8 Å². The molecule has 0 fully saturated rings.